The number of ether oxygens (including phenoxy) is 3. The summed E-state index contributed by atoms with van der Waals surface area (Å²) >= 11 is 0. The summed E-state index contributed by atoms with van der Waals surface area (Å²) in [6.45, 7) is 6.45. The van der Waals surface area contributed by atoms with Crippen molar-refractivity contribution in [3.8, 4) is 5.75 Å². The fourth-order valence-electron chi connectivity index (χ4n) is 2.38. The fraction of sp³-hybridized carbons (Fsp3) is 0.529. The summed E-state index contributed by atoms with van der Waals surface area (Å²) in [5.74, 6) is -0.0457. The Labute approximate surface area is 141 Å². The third-order valence-corrected chi connectivity index (χ3v) is 3.53. The number of amides is 1. The number of carbonyl (C=O) groups is 2. The van der Waals surface area contributed by atoms with Gasteiger partial charge in [-0.05, 0) is 39.0 Å². The van der Waals surface area contributed by atoms with Crippen LogP contribution in [0.4, 0.5) is 10.5 Å². The van der Waals surface area contributed by atoms with Gasteiger partial charge in [-0.15, -0.1) is 0 Å². The SMILES string of the molecule is COC(=O)c1ccc(N)c(OC2CCN(C(=O)OC(C)(C)C)C2)c1. The van der Waals surface area contributed by atoms with Gasteiger partial charge in [0.25, 0.3) is 0 Å². The van der Waals surface area contributed by atoms with Crippen molar-refractivity contribution in [3.05, 3.63) is 23.8 Å². The van der Waals surface area contributed by atoms with Crippen LogP contribution < -0.4 is 10.5 Å². The Hall–Kier alpha value is -2.44. The number of likely N-dealkylation sites (tertiary alicyclic amines) is 1. The molecule has 1 atom stereocenters. The van der Waals surface area contributed by atoms with Crippen molar-refractivity contribution in [2.75, 3.05) is 25.9 Å². The molecule has 0 aliphatic carbocycles. The van der Waals surface area contributed by atoms with E-state index >= 15 is 0 Å². The molecule has 0 aromatic heterocycles. The second kappa shape index (κ2) is 6.98. The van der Waals surface area contributed by atoms with E-state index in [1.54, 1.807) is 23.1 Å². The van der Waals surface area contributed by atoms with E-state index in [-0.39, 0.29) is 12.2 Å². The number of hydrogen-bond donors (Lipinski definition) is 1. The van der Waals surface area contributed by atoms with Crippen molar-refractivity contribution in [1.82, 2.24) is 4.90 Å². The number of carbonyl (C=O) groups excluding carboxylic acids is 2. The lowest BCUT2D eigenvalue weighted by Crippen LogP contribution is -2.36. The van der Waals surface area contributed by atoms with Crippen LogP contribution in [-0.4, -0.2) is 48.9 Å². The van der Waals surface area contributed by atoms with Crippen LogP contribution in [0, 0.1) is 0 Å². The number of nitrogen functional groups attached to an aromatic ring is 1. The maximum atomic E-state index is 12.1. The van der Waals surface area contributed by atoms with Crippen LogP contribution >= 0.6 is 0 Å². The normalized spacial score (nSPS) is 17.5. The van der Waals surface area contributed by atoms with Crippen molar-refractivity contribution >= 4 is 17.7 Å². The molecule has 1 aromatic carbocycles. The predicted molar refractivity (Wildman–Crippen MR) is 89.0 cm³/mol. The van der Waals surface area contributed by atoms with Gasteiger partial charge in [0.05, 0.1) is 24.9 Å². The second-order valence-electron chi connectivity index (χ2n) is 6.70. The average molecular weight is 336 g/mol. The summed E-state index contributed by atoms with van der Waals surface area (Å²) < 4.78 is 15.9. The second-order valence-corrected chi connectivity index (χ2v) is 6.70. The molecule has 0 spiro atoms. The minimum atomic E-state index is -0.532. The zero-order valence-corrected chi connectivity index (χ0v) is 14.5. The standard InChI is InChI=1S/C17H24N2O5/c1-17(2,3)24-16(21)19-8-7-12(10-19)23-14-9-11(15(20)22-4)5-6-13(14)18/h5-6,9,12H,7-8,10,18H2,1-4H3. The molecule has 1 aromatic rings. The first-order valence-corrected chi connectivity index (χ1v) is 7.82. The van der Waals surface area contributed by atoms with Crippen molar-refractivity contribution in [3.63, 3.8) is 0 Å². The van der Waals surface area contributed by atoms with Gasteiger partial charge >= 0.3 is 12.1 Å². The smallest absolute Gasteiger partial charge is 0.410 e. The van der Waals surface area contributed by atoms with E-state index < -0.39 is 11.6 Å². The molecule has 7 nitrogen and oxygen atoms in total. The van der Waals surface area contributed by atoms with Crippen LogP contribution in [-0.2, 0) is 9.47 Å². The first-order valence-electron chi connectivity index (χ1n) is 7.82. The molecule has 1 aliphatic rings. The van der Waals surface area contributed by atoms with Gasteiger partial charge in [-0.2, -0.15) is 0 Å². The molecular weight excluding hydrogens is 312 g/mol. The van der Waals surface area contributed by atoms with Gasteiger partial charge in [0.1, 0.15) is 17.5 Å². The van der Waals surface area contributed by atoms with Crippen LogP contribution in [0.2, 0.25) is 0 Å². The molecule has 24 heavy (non-hydrogen) atoms. The molecule has 0 saturated carbocycles. The molecule has 2 N–H and O–H groups in total. The zero-order valence-electron chi connectivity index (χ0n) is 14.5. The van der Waals surface area contributed by atoms with Crippen LogP contribution in [0.15, 0.2) is 18.2 Å². The number of esters is 1. The van der Waals surface area contributed by atoms with E-state index in [1.165, 1.54) is 7.11 Å². The van der Waals surface area contributed by atoms with E-state index in [0.717, 1.165) is 0 Å². The van der Waals surface area contributed by atoms with Crippen molar-refractivity contribution in [2.24, 2.45) is 0 Å². The molecule has 0 radical (unpaired) electrons. The van der Waals surface area contributed by atoms with Gasteiger partial charge in [0.15, 0.2) is 0 Å². The van der Waals surface area contributed by atoms with Crippen LogP contribution in [0.5, 0.6) is 5.75 Å². The van der Waals surface area contributed by atoms with E-state index in [1.807, 2.05) is 20.8 Å². The molecule has 0 bridgehead atoms. The summed E-state index contributed by atoms with van der Waals surface area (Å²) in [7, 11) is 1.31. The number of nitrogens with zero attached hydrogens (tertiary/aromatic N) is 1. The largest absolute Gasteiger partial charge is 0.486 e. The lowest BCUT2D eigenvalue weighted by Gasteiger charge is -2.24. The molecule has 1 saturated heterocycles. The highest BCUT2D eigenvalue weighted by molar-refractivity contribution is 5.90. The monoisotopic (exact) mass is 336 g/mol. The summed E-state index contributed by atoms with van der Waals surface area (Å²) in [4.78, 5) is 25.3. The van der Waals surface area contributed by atoms with E-state index in [2.05, 4.69) is 0 Å². The molecule has 2 rings (SSSR count). The van der Waals surface area contributed by atoms with E-state index in [0.29, 0.717) is 36.5 Å². The number of anilines is 1. The molecule has 1 unspecified atom stereocenters. The van der Waals surface area contributed by atoms with Crippen molar-refractivity contribution < 1.29 is 23.8 Å². The van der Waals surface area contributed by atoms with Gasteiger partial charge in [-0.3, -0.25) is 0 Å². The quantitative estimate of drug-likeness (QED) is 0.673. The Morgan fingerprint density at radius 2 is 2.00 bits per heavy atom. The zero-order chi connectivity index (χ0) is 17.9. The fourth-order valence-corrected chi connectivity index (χ4v) is 2.38. The lowest BCUT2D eigenvalue weighted by atomic mass is 10.2. The number of rotatable bonds is 3. The first kappa shape index (κ1) is 17.9. The predicted octanol–water partition coefficient (Wildman–Crippen LogP) is 2.44. The van der Waals surface area contributed by atoms with Crippen LogP contribution in [0.1, 0.15) is 37.6 Å². The summed E-state index contributed by atoms with van der Waals surface area (Å²) in [5, 5.41) is 0. The van der Waals surface area contributed by atoms with Crippen LogP contribution in [0.3, 0.4) is 0 Å². The Morgan fingerprint density at radius 1 is 1.29 bits per heavy atom. The van der Waals surface area contributed by atoms with Gasteiger partial charge < -0.3 is 24.8 Å². The highest BCUT2D eigenvalue weighted by Gasteiger charge is 2.31. The third-order valence-electron chi connectivity index (χ3n) is 3.53. The van der Waals surface area contributed by atoms with Gasteiger partial charge in [-0.1, -0.05) is 0 Å². The molecule has 1 amide bonds. The minimum absolute atomic E-state index is 0.201. The van der Waals surface area contributed by atoms with E-state index in [9.17, 15) is 9.59 Å². The maximum Gasteiger partial charge on any atom is 0.410 e. The highest BCUT2D eigenvalue weighted by Crippen LogP contribution is 2.27. The Morgan fingerprint density at radius 3 is 2.62 bits per heavy atom. The number of methoxy groups -OCH3 is 1. The Bertz CT molecular complexity index is 624. The molecule has 7 heteroatoms. The molecular formula is C17H24N2O5. The highest BCUT2D eigenvalue weighted by atomic mass is 16.6. The van der Waals surface area contributed by atoms with E-state index in [4.69, 9.17) is 19.9 Å². The minimum Gasteiger partial charge on any atom is -0.486 e. The molecule has 1 heterocycles. The van der Waals surface area contributed by atoms with Gasteiger partial charge in [0.2, 0.25) is 0 Å². The third kappa shape index (κ3) is 4.53. The van der Waals surface area contributed by atoms with Gasteiger partial charge in [-0.25, -0.2) is 9.59 Å². The molecule has 1 aliphatic heterocycles. The number of hydrogen-bond acceptors (Lipinski definition) is 6. The summed E-state index contributed by atoms with van der Waals surface area (Å²) in [6, 6.07) is 4.73. The summed E-state index contributed by atoms with van der Waals surface area (Å²) in [6.07, 6.45) is 0.110. The van der Waals surface area contributed by atoms with Crippen molar-refractivity contribution in [2.45, 2.75) is 38.9 Å². The molecule has 1 fully saturated rings. The lowest BCUT2D eigenvalue weighted by molar-refractivity contribution is 0.0276. The Balaban J connectivity index is 2.00. The maximum absolute atomic E-state index is 12.1. The van der Waals surface area contributed by atoms with Crippen LogP contribution in [0.25, 0.3) is 0 Å². The topological polar surface area (TPSA) is 91.1 Å². The molecule has 132 valence electrons. The Kier molecular flexibility index (Phi) is 5.21. The van der Waals surface area contributed by atoms with Crippen molar-refractivity contribution in [1.29, 1.82) is 0 Å². The number of nitrogens with two attached hydrogens (primary N) is 1. The number of benzene rings is 1. The summed E-state index contributed by atoms with van der Waals surface area (Å²) in [5.41, 5.74) is 6.17. The first-order chi connectivity index (χ1) is 11.2. The average Bonchev–Trinajstić information content (AvgIpc) is 2.96. The van der Waals surface area contributed by atoms with Gasteiger partial charge in [0, 0.05) is 13.0 Å².